The lowest BCUT2D eigenvalue weighted by Gasteiger charge is -2.18. The van der Waals surface area contributed by atoms with Gasteiger partial charge in [-0.2, -0.15) is 0 Å². The van der Waals surface area contributed by atoms with E-state index in [9.17, 15) is 14.4 Å². The summed E-state index contributed by atoms with van der Waals surface area (Å²) in [5, 5.41) is 0.638. The molecule has 0 aliphatic carbocycles. The lowest BCUT2D eigenvalue weighted by Crippen LogP contribution is -2.45. The third-order valence-electron chi connectivity index (χ3n) is 5.82. The van der Waals surface area contributed by atoms with Crippen molar-refractivity contribution in [3.63, 3.8) is 0 Å². The van der Waals surface area contributed by atoms with Crippen LogP contribution < -0.4 is 10.9 Å². The summed E-state index contributed by atoms with van der Waals surface area (Å²) in [6, 6.07) is 23.7. The normalized spacial score (nSPS) is 11.2. The van der Waals surface area contributed by atoms with Gasteiger partial charge in [0.15, 0.2) is 0 Å². The molecular weight excluding hydrogens is 438 g/mol. The first-order valence-corrected chi connectivity index (χ1v) is 11.4. The van der Waals surface area contributed by atoms with Gasteiger partial charge in [0.1, 0.15) is 0 Å². The summed E-state index contributed by atoms with van der Waals surface area (Å²) in [5.41, 5.74) is 9.47. The van der Waals surface area contributed by atoms with Gasteiger partial charge >= 0.3 is 5.91 Å². The third-order valence-corrected chi connectivity index (χ3v) is 5.82. The molecule has 0 atom stereocenters. The number of carbonyl (C=O) groups excluding carboxylic acids is 3. The van der Waals surface area contributed by atoms with E-state index in [1.807, 2.05) is 61.5 Å². The lowest BCUT2D eigenvalue weighted by molar-refractivity contribution is -0.117. The van der Waals surface area contributed by atoms with E-state index in [1.54, 1.807) is 24.3 Å². The molecule has 6 nitrogen and oxygen atoms in total. The fraction of sp³-hybridized carbons (Fsp3) is 0.172. The predicted molar refractivity (Wildman–Crippen MR) is 137 cm³/mol. The van der Waals surface area contributed by atoms with Gasteiger partial charge in [-0.3, -0.25) is 25.2 Å². The zero-order valence-electron chi connectivity index (χ0n) is 20.2. The van der Waals surface area contributed by atoms with Crippen molar-refractivity contribution in [1.82, 2.24) is 15.8 Å². The summed E-state index contributed by atoms with van der Waals surface area (Å²) in [6.45, 7) is 8.21. The number of benzene rings is 3. The first kappa shape index (κ1) is 23.8. The van der Waals surface area contributed by atoms with Crippen LogP contribution in [0.1, 0.15) is 52.6 Å². The lowest BCUT2D eigenvalue weighted by atomic mass is 9.86. The number of carbonyl (C=O) groups is 3. The number of nitrogens with one attached hydrogen (secondary N) is 2. The number of hydrazine groups is 1. The highest BCUT2D eigenvalue weighted by atomic mass is 16.2. The van der Waals surface area contributed by atoms with Gasteiger partial charge in [-0.1, -0.05) is 93.1 Å². The molecule has 6 heteroatoms. The molecular formula is C29H27N3O3. The van der Waals surface area contributed by atoms with Crippen molar-refractivity contribution in [3.05, 3.63) is 101 Å². The number of amides is 2. The Balaban J connectivity index is 1.54. The van der Waals surface area contributed by atoms with Crippen LogP contribution in [0.5, 0.6) is 0 Å². The molecule has 4 aromatic rings. The summed E-state index contributed by atoms with van der Waals surface area (Å²) in [4.78, 5) is 42.8. The van der Waals surface area contributed by atoms with Crippen molar-refractivity contribution in [2.75, 3.05) is 0 Å². The highest BCUT2D eigenvalue weighted by Crippen LogP contribution is 2.25. The van der Waals surface area contributed by atoms with E-state index in [0.29, 0.717) is 22.2 Å². The van der Waals surface area contributed by atoms with Crippen LogP contribution in [-0.4, -0.2) is 22.6 Å². The minimum atomic E-state index is -0.918. The maximum absolute atomic E-state index is 13.0. The Labute approximate surface area is 204 Å². The molecule has 0 aliphatic rings. The highest BCUT2D eigenvalue weighted by molar-refractivity contribution is 6.42. The summed E-state index contributed by atoms with van der Waals surface area (Å²) in [5.74, 6) is -2.19. The van der Waals surface area contributed by atoms with E-state index in [4.69, 9.17) is 0 Å². The average molecular weight is 466 g/mol. The first-order valence-electron chi connectivity index (χ1n) is 11.4. The Bertz CT molecular complexity index is 1420. The van der Waals surface area contributed by atoms with Gasteiger partial charge in [0.05, 0.1) is 16.8 Å². The number of hydrogen-bond acceptors (Lipinski definition) is 4. The van der Waals surface area contributed by atoms with Crippen molar-refractivity contribution in [2.45, 2.75) is 33.1 Å². The van der Waals surface area contributed by atoms with Gasteiger partial charge in [-0.25, -0.2) is 4.98 Å². The second-order valence-corrected chi connectivity index (χ2v) is 9.50. The quantitative estimate of drug-likeness (QED) is 0.248. The van der Waals surface area contributed by atoms with E-state index >= 15 is 0 Å². The number of pyridine rings is 1. The molecule has 35 heavy (non-hydrogen) atoms. The monoisotopic (exact) mass is 465 g/mol. The maximum atomic E-state index is 13.0. The van der Waals surface area contributed by atoms with Crippen LogP contribution in [0, 0.1) is 6.92 Å². The average Bonchev–Trinajstić information content (AvgIpc) is 2.86. The number of nitrogens with zero attached hydrogens (tertiary/aromatic N) is 1. The Morgan fingerprint density at radius 3 is 2.11 bits per heavy atom. The topological polar surface area (TPSA) is 88.2 Å². The fourth-order valence-electron chi connectivity index (χ4n) is 3.73. The maximum Gasteiger partial charge on any atom is 0.310 e. The second-order valence-electron chi connectivity index (χ2n) is 9.50. The molecule has 3 aromatic carbocycles. The summed E-state index contributed by atoms with van der Waals surface area (Å²) in [7, 11) is 0. The minimum absolute atomic E-state index is 0.0669. The van der Waals surface area contributed by atoms with Crippen LogP contribution in [0.15, 0.2) is 78.9 Å². The van der Waals surface area contributed by atoms with Crippen LogP contribution in [0.25, 0.3) is 22.2 Å². The van der Waals surface area contributed by atoms with Crippen LogP contribution in [0.2, 0.25) is 0 Å². The Hall–Kier alpha value is -4.32. The number of hydrogen-bond donors (Lipinski definition) is 2. The molecule has 1 aromatic heterocycles. The summed E-state index contributed by atoms with van der Waals surface area (Å²) < 4.78 is 0. The predicted octanol–water partition coefficient (Wildman–Crippen LogP) is 5.15. The Morgan fingerprint density at radius 1 is 0.800 bits per heavy atom. The van der Waals surface area contributed by atoms with E-state index in [2.05, 4.69) is 36.6 Å². The van der Waals surface area contributed by atoms with Gasteiger partial charge in [-0.15, -0.1) is 0 Å². The highest BCUT2D eigenvalue weighted by Gasteiger charge is 2.20. The zero-order valence-corrected chi connectivity index (χ0v) is 20.2. The van der Waals surface area contributed by atoms with Crippen molar-refractivity contribution in [2.24, 2.45) is 0 Å². The van der Waals surface area contributed by atoms with Crippen molar-refractivity contribution in [1.29, 1.82) is 0 Å². The molecule has 0 saturated heterocycles. The minimum Gasteiger partial charge on any atom is -0.283 e. The molecule has 1 heterocycles. The van der Waals surface area contributed by atoms with Gasteiger partial charge in [0.25, 0.3) is 11.7 Å². The van der Waals surface area contributed by atoms with Crippen molar-refractivity contribution < 1.29 is 14.4 Å². The third kappa shape index (κ3) is 5.27. The molecule has 0 spiro atoms. The Kier molecular flexibility index (Phi) is 6.47. The van der Waals surface area contributed by atoms with Crippen LogP contribution in [-0.2, 0) is 10.2 Å². The number of aromatic nitrogens is 1. The number of fused-ring (bicyclic) bond motifs is 1. The molecule has 0 saturated carbocycles. The van der Waals surface area contributed by atoms with Crippen LogP contribution >= 0.6 is 0 Å². The number of Topliss-reactive ketones (excluding diaryl/α,β-unsaturated/α-hetero) is 1. The largest absolute Gasteiger partial charge is 0.310 e. The van der Waals surface area contributed by atoms with Crippen molar-refractivity contribution >= 4 is 28.5 Å². The number of aryl methyl sites for hydroxylation is 1. The molecule has 0 fully saturated rings. The van der Waals surface area contributed by atoms with Crippen molar-refractivity contribution in [3.8, 4) is 11.3 Å². The van der Waals surface area contributed by atoms with E-state index in [-0.39, 0.29) is 11.0 Å². The molecule has 4 rings (SSSR count). The molecule has 0 unspecified atom stereocenters. The summed E-state index contributed by atoms with van der Waals surface area (Å²) in [6.07, 6.45) is 0. The summed E-state index contributed by atoms with van der Waals surface area (Å²) >= 11 is 0. The van der Waals surface area contributed by atoms with E-state index in [1.165, 1.54) is 0 Å². The van der Waals surface area contributed by atoms with Gasteiger partial charge in [-0.05, 0) is 30.0 Å². The van der Waals surface area contributed by atoms with E-state index < -0.39 is 17.6 Å². The molecule has 2 amide bonds. The molecule has 2 N–H and O–H groups in total. The van der Waals surface area contributed by atoms with Gasteiger partial charge in [0.2, 0.25) is 0 Å². The SMILES string of the molecule is Cc1ccc(-c2cc(C(=O)NNC(=O)C(=O)c3ccc(C(C)(C)C)cc3)c3ccccc3n2)cc1. The van der Waals surface area contributed by atoms with Crippen LogP contribution in [0.4, 0.5) is 0 Å². The number of ketones is 1. The van der Waals surface area contributed by atoms with E-state index in [0.717, 1.165) is 16.7 Å². The zero-order chi connectivity index (χ0) is 25.2. The molecule has 176 valence electrons. The smallest absolute Gasteiger partial charge is 0.283 e. The Morgan fingerprint density at radius 2 is 1.46 bits per heavy atom. The molecule has 0 aliphatic heterocycles. The first-order chi connectivity index (χ1) is 16.6. The standard InChI is InChI=1S/C29H27N3O3/c1-18-9-11-19(12-10-18)25-17-23(22-7-5-6-8-24(22)30-25)27(34)31-32-28(35)26(33)20-13-15-21(16-14-20)29(2,3)4/h5-17H,1-4H3,(H,31,34)(H,32,35). The van der Waals surface area contributed by atoms with Gasteiger partial charge < -0.3 is 0 Å². The second kappa shape index (κ2) is 9.50. The fourth-order valence-corrected chi connectivity index (χ4v) is 3.73. The van der Waals surface area contributed by atoms with Gasteiger partial charge in [0, 0.05) is 16.5 Å². The van der Waals surface area contributed by atoms with Crippen LogP contribution in [0.3, 0.4) is 0 Å². The molecule has 0 radical (unpaired) electrons. The number of para-hydroxylation sites is 1. The molecule has 0 bridgehead atoms. The number of rotatable bonds is 4.